The van der Waals surface area contributed by atoms with Gasteiger partial charge in [0.05, 0.1) is 5.39 Å². The van der Waals surface area contributed by atoms with E-state index in [4.69, 9.17) is 13.9 Å². The molecule has 0 aliphatic carbocycles. The van der Waals surface area contributed by atoms with E-state index in [2.05, 4.69) is 5.32 Å². The fourth-order valence-corrected chi connectivity index (χ4v) is 2.88. The molecular formula is C24H17F2NO5. The maximum atomic E-state index is 13.0. The zero-order chi connectivity index (χ0) is 22.5. The molecule has 4 rings (SSSR count). The van der Waals surface area contributed by atoms with Crippen LogP contribution >= 0.6 is 0 Å². The number of hydrogen-bond acceptors (Lipinski definition) is 5. The van der Waals surface area contributed by atoms with E-state index in [1.165, 1.54) is 54.6 Å². The van der Waals surface area contributed by atoms with Gasteiger partial charge in [-0.05, 0) is 54.1 Å². The molecule has 162 valence electrons. The average Bonchev–Trinajstić information content (AvgIpc) is 2.80. The number of fused-ring (bicyclic) bond motifs is 1. The smallest absolute Gasteiger partial charge is 0.258 e. The number of hydrogen-bond donors (Lipinski definition) is 1. The van der Waals surface area contributed by atoms with Gasteiger partial charge in [-0.25, -0.2) is 8.78 Å². The third-order valence-electron chi connectivity index (χ3n) is 4.53. The largest absolute Gasteiger partial charge is 0.484 e. The maximum absolute atomic E-state index is 13.0. The number of halogens is 2. The van der Waals surface area contributed by atoms with E-state index >= 15 is 0 Å². The Labute approximate surface area is 181 Å². The van der Waals surface area contributed by atoms with Crippen molar-refractivity contribution in [1.29, 1.82) is 0 Å². The van der Waals surface area contributed by atoms with E-state index in [1.54, 1.807) is 12.1 Å². The third-order valence-corrected chi connectivity index (χ3v) is 4.53. The van der Waals surface area contributed by atoms with Crippen LogP contribution in [0.5, 0.6) is 17.2 Å². The van der Waals surface area contributed by atoms with Crippen LogP contribution in [-0.2, 0) is 11.3 Å². The molecule has 0 fully saturated rings. The van der Waals surface area contributed by atoms with E-state index in [-0.39, 0.29) is 41.6 Å². The molecule has 0 aliphatic rings. The summed E-state index contributed by atoms with van der Waals surface area (Å²) in [5.74, 6) is -0.536. The Hall–Kier alpha value is -4.20. The number of benzene rings is 3. The minimum Gasteiger partial charge on any atom is -0.484 e. The highest BCUT2D eigenvalue weighted by molar-refractivity contribution is 5.80. The minimum atomic E-state index is -0.417. The van der Waals surface area contributed by atoms with Crippen molar-refractivity contribution in [3.63, 3.8) is 0 Å². The fourth-order valence-electron chi connectivity index (χ4n) is 2.88. The first-order valence-electron chi connectivity index (χ1n) is 9.61. The molecule has 0 saturated carbocycles. The number of carbonyl (C=O) groups is 1. The van der Waals surface area contributed by atoms with Crippen molar-refractivity contribution in [2.24, 2.45) is 0 Å². The zero-order valence-electron chi connectivity index (χ0n) is 16.6. The number of ether oxygens (including phenoxy) is 2. The topological polar surface area (TPSA) is 77.8 Å². The summed E-state index contributed by atoms with van der Waals surface area (Å²) in [6.45, 7) is -0.00536. The molecule has 0 atom stereocenters. The summed E-state index contributed by atoms with van der Waals surface area (Å²) in [5.41, 5.74) is 0.607. The summed E-state index contributed by atoms with van der Waals surface area (Å²) in [6.07, 6.45) is 1.16. The van der Waals surface area contributed by atoms with Crippen molar-refractivity contribution in [3.05, 3.63) is 100 Å². The predicted molar refractivity (Wildman–Crippen MR) is 113 cm³/mol. The van der Waals surface area contributed by atoms with Crippen LogP contribution in [0.15, 0.2) is 82.2 Å². The van der Waals surface area contributed by atoms with Gasteiger partial charge in [-0.3, -0.25) is 9.59 Å². The molecule has 1 aromatic heterocycles. The lowest BCUT2D eigenvalue weighted by molar-refractivity contribution is -0.123. The predicted octanol–water partition coefficient (Wildman–Crippen LogP) is 4.56. The van der Waals surface area contributed by atoms with Crippen LogP contribution in [0.3, 0.4) is 0 Å². The first-order valence-corrected chi connectivity index (χ1v) is 9.61. The van der Waals surface area contributed by atoms with Crippen LogP contribution in [0.25, 0.3) is 11.0 Å². The van der Waals surface area contributed by atoms with Crippen LogP contribution in [0.1, 0.15) is 5.56 Å². The summed E-state index contributed by atoms with van der Waals surface area (Å²) in [5, 5.41) is 2.93. The van der Waals surface area contributed by atoms with Crippen LogP contribution in [0.2, 0.25) is 0 Å². The van der Waals surface area contributed by atoms with Gasteiger partial charge in [-0.2, -0.15) is 0 Å². The van der Waals surface area contributed by atoms with Crippen molar-refractivity contribution in [2.75, 3.05) is 6.61 Å². The average molecular weight is 437 g/mol. The van der Waals surface area contributed by atoms with E-state index in [0.29, 0.717) is 11.5 Å². The van der Waals surface area contributed by atoms with Crippen LogP contribution < -0.4 is 20.2 Å². The summed E-state index contributed by atoms with van der Waals surface area (Å²) in [6, 6.07) is 15.6. The Balaban J connectivity index is 1.38. The SMILES string of the molecule is O=C(COc1ccc2c(=O)c(Oc3ccc(F)cc3)coc2c1)NCc1ccc(F)cc1. The second-order valence-electron chi connectivity index (χ2n) is 6.83. The van der Waals surface area contributed by atoms with E-state index in [1.807, 2.05) is 0 Å². The number of amides is 1. The van der Waals surface area contributed by atoms with Crippen molar-refractivity contribution in [2.45, 2.75) is 6.54 Å². The highest BCUT2D eigenvalue weighted by Crippen LogP contribution is 2.24. The first-order chi connectivity index (χ1) is 15.5. The second kappa shape index (κ2) is 9.30. The Morgan fingerprint density at radius 2 is 1.56 bits per heavy atom. The van der Waals surface area contributed by atoms with Gasteiger partial charge < -0.3 is 19.2 Å². The van der Waals surface area contributed by atoms with Gasteiger partial charge in [-0.15, -0.1) is 0 Å². The second-order valence-corrected chi connectivity index (χ2v) is 6.83. The number of rotatable bonds is 7. The number of carbonyl (C=O) groups excluding carboxylic acids is 1. The fraction of sp³-hybridized carbons (Fsp3) is 0.0833. The van der Waals surface area contributed by atoms with Gasteiger partial charge in [-0.1, -0.05) is 12.1 Å². The molecular weight excluding hydrogens is 420 g/mol. The Morgan fingerprint density at radius 1 is 0.906 bits per heavy atom. The molecule has 8 heteroatoms. The third kappa shape index (κ3) is 5.10. The molecule has 3 aromatic carbocycles. The maximum Gasteiger partial charge on any atom is 0.258 e. The molecule has 0 unspecified atom stereocenters. The van der Waals surface area contributed by atoms with E-state index in [0.717, 1.165) is 11.8 Å². The van der Waals surface area contributed by atoms with Crippen LogP contribution in [0.4, 0.5) is 8.78 Å². The van der Waals surface area contributed by atoms with E-state index in [9.17, 15) is 18.4 Å². The van der Waals surface area contributed by atoms with Crippen LogP contribution in [-0.4, -0.2) is 12.5 Å². The number of nitrogens with one attached hydrogen (secondary N) is 1. The highest BCUT2D eigenvalue weighted by atomic mass is 19.1. The van der Waals surface area contributed by atoms with Gasteiger partial charge in [0, 0.05) is 12.6 Å². The molecule has 32 heavy (non-hydrogen) atoms. The standard InChI is InChI=1S/C24H17F2NO5/c25-16-3-1-15(2-4-16)12-27-23(28)14-30-19-9-10-20-21(11-19)31-13-22(24(20)29)32-18-7-5-17(26)6-8-18/h1-11,13H,12,14H2,(H,27,28). The van der Waals surface area contributed by atoms with Gasteiger partial charge in [0.15, 0.2) is 6.61 Å². The lowest BCUT2D eigenvalue weighted by Gasteiger charge is -2.09. The summed E-state index contributed by atoms with van der Waals surface area (Å²) >= 11 is 0. The van der Waals surface area contributed by atoms with Gasteiger partial charge >= 0.3 is 0 Å². The molecule has 1 heterocycles. The van der Waals surface area contributed by atoms with Gasteiger partial charge in [0.25, 0.3) is 5.91 Å². The van der Waals surface area contributed by atoms with Gasteiger partial charge in [0.1, 0.15) is 35.0 Å². The van der Waals surface area contributed by atoms with Crippen molar-refractivity contribution < 1.29 is 27.5 Å². The summed E-state index contributed by atoms with van der Waals surface area (Å²) in [7, 11) is 0. The van der Waals surface area contributed by atoms with Crippen LogP contribution in [0, 0.1) is 11.6 Å². The minimum absolute atomic E-state index is 0.0436. The molecule has 6 nitrogen and oxygen atoms in total. The first kappa shape index (κ1) is 21.0. The summed E-state index contributed by atoms with van der Waals surface area (Å²) < 4.78 is 42.3. The molecule has 0 radical (unpaired) electrons. The lowest BCUT2D eigenvalue weighted by Crippen LogP contribution is -2.28. The molecule has 0 saturated heterocycles. The molecule has 0 aliphatic heterocycles. The lowest BCUT2D eigenvalue weighted by atomic mass is 10.2. The Bertz CT molecular complexity index is 1300. The molecule has 1 amide bonds. The van der Waals surface area contributed by atoms with Crippen molar-refractivity contribution in [1.82, 2.24) is 5.32 Å². The zero-order valence-corrected chi connectivity index (χ0v) is 16.6. The van der Waals surface area contributed by atoms with Crippen molar-refractivity contribution in [3.8, 4) is 17.2 Å². The summed E-state index contributed by atoms with van der Waals surface area (Å²) in [4.78, 5) is 24.6. The Kier molecular flexibility index (Phi) is 6.12. The quantitative estimate of drug-likeness (QED) is 0.459. The Morgan fingerprint density at radius 3 is 2.28 bits per heavy atom. The monoisotopic (exact) mass is 437 g/mol. The normalized spacial score (nSPS) is 10.7. The molecule has 0 bridgehead atoms. The molecule has 1 N–H and O–H groups in total. The van der Waals surface area contributed by atoms with Crippen molar-refractivity contribution >= 4 is 16.9 Å². The molecule has 4 aromatic rings. The highest BCUT2D eigenvalue weighted by Gasteiger charge is 2.11. The van der Waals surface area contributed by atoms with E-state index < -0.39 is 11.2 Å². The van der Waals surface area contributed by atoms with Gasteiger partial charge in [0.2, 0.25) is 11.2 Å². The molecule has 0 spiro atoms.